The summed E-state index contributed by atoms with van der Waals surface area (Å²) < 4.78 is 6.78. The van der Waals surface area contributed by atoms with Crippen LogP contribution in [0.3, 0.4) is 0 Å². The summed E-state index contributed by atoms with van der Waals surface area (Å²) in [5.74, 6) is 1.40. The van der Waals surface area contributed by atoms with Crippen LogP contribution in [0, 0.1) is 0 Å². The summed E-state index contributed by atoms with van der Waals surface area (Å²) in [7, 11) is 0. The maximum atomic E-state index is 10.5. The van der Waals surface area contributed by atoms with Crippen molar-refractivity contribution in [2.24, 2.45) is 4.99 Å². The molecule has 2 aromatic heterocycles. The number of nitrogens with one attached hydrogen (secondary N) is 2. The molecule has 1 atom stereocenters. The molecule has 7 heteroatoms. The number of benzene rings is 1. The molecule has 0 amide bonds. The lowest BCUT2D eigenvalue weighted by atomic mass is 10.2. The summed E-state index contributed by atoms with van der Waals surface area (Å²) >= 11 is 1.60. The number of aromatic nitrogens is 1. The number of guanidine groups is 1. The zero-order valence-corrected chi connectivity index (χ0v) is 16.1. The van der Waals surface area contributed by atoms with Crippen LogP contribution in [0.2, 0.25) is 0 Å². The van der Waals surface area contributed by atoms with Gasteiger partial charge in [-0.05, 0) is 36.6 Å². The molecule has 0 saturated carbocycles. The fourth-order valence-corrected chi connectivity index (χ4v) is 3.59. The molecule has 27 heavy (non-hydrogen) atoms. The lowest BCUT2D eigenvalue weighted by molar-refractivity contribution is 0.191. The van der Waals surface area contributed by atoms with Gasteiger partial charge in [-0.25, -0.2) is 0 Å². The van der Waals surface area contributed by atoms with Gasteiger partial charge in [0.15, 0.2) is 5.96 Å². The first kappa shape index (κ1) is 19.1. The highest BCUT2D eigenvalue weighted by molar-refractivity contribution is 7.19. The average molecular weight is 385 g/mol. The van der Waals surface area contributed by atoms with E-state index in [2.05, 4.69) is 32.7 Å². The Morgan fingerprint density at radius 3 is 2.93 bits per heavy atom. The Bertz CT molecular complexity index is 834. The van der Waals surface area contributed by atoms with Gasteiger partial charge in [-0.15, -0.1) is 11.3 Å². The fraction of sp³-hybridized carbons (Fsp3) is 0.300. The van der Waals surface area contributed by atoms with Crippen LogP contribution >= 0.6 is 11.3 Å². The van der Waals surface area contributed by atoms with E-state index in [-0.39, 0.29) is 0 Å². The number of pyridine rings is 1. The van der Waals surface area contributed by atoms with Crippen molar-refractivity contribution in [1.82, 2.24) is 15.6 Å². The highest BCUT2D eigenvalue weighted by Crippen LogP contribution is 2.29. The van der Waals surface area contributed by atoms with Crippen molar-refractivity contribution in [1.29, 1.82) is 0 Å². The number of hydrogen-bond donors (Lipinski definition) is 3. The van der Waals surface area contributed by atoms with Gasteiger partial charge < -0.3 is 20.5 Å². The van der Waals surface area contributed by atoms with Crippen LogP contribution < -0.4 is 15.4 Å². The normalized spacial score (nSPS) is 12.7. The highest BCUT2D eigenvalue weighted by Gasteiger charge is 2.11. The fourth-order valence-electron chi connectivity index (χ4n) is 2.55. The molecule has 142 valence electrons. The van der Waals surface area contributed by atoms with Crippen molar-refractivity contribution in [3.05, 3.63) is 59.7 Å². The van der Waals surface area contributed by atoms with Gasteiger partial charge in [0.05, 0.1) is 19.3 Å². The number of aliphatic hydroxyl groups is 1. The second-order valence-corrected chi connectivity index (χ2v) is 7.00. The van der Waals surface area contributed by atoms with E-state index in [4.69, 9.17) is 4.74 Å². The minimum absolute atomic E-state index is 0.297. The van der Waals surface area contributed by atoms with Gasteiger partial charge in [-0.2, -0.15) is 0 Å². The summed E-state index contributed by atoms with van der Waals surface area (Å²) in [6.07, 6.45) is 2.77. The summed E-state index contributed by atoms with van der Waals surface area (Å²) in [4.78, 5) is 9.43. The number of ether oxygens (including phenoxy) is 1. The minimum Gasteiger partial charge on any atom is -0.490 e. The van der Waals surface area contributed by atoms with Crippen LogP contribution in [0.4, 0.5) is 0 Å². The monoisotopic (exact) mass is 384 g/mol. The molecule has 0 fully saturated rings. The van der Waals surface area contributed by atoms with E-state index in [1.807, 2.05) is 37.3 Å². The second-order valence-electron chi connectivity index (χ2n) is 5.89. The third-order valence-electron chi connectivity index (χ3n) is 3.84. The van der Waals surface area contributed by atoms with E-state index >= 15 is 0 Å². The van der Waals surface area contributed by atoms with Crippen LogP contribution in [-0.2, 0) is 0 Å². The molecule has 1 aromatic carbocycles. The molecule has 0 radical (unpaired) electrons. The van der Waals surface area contributed by atoms with Crippen molar-refractivity contribution in [2.45, 2.75) is 13.0 Å². The Labute approximate surface area is 162 Å². The average Bonchev–Trinajstić information content (AvgIpc) is 3.14. The van der Waals surface area contributed by atoms with Crippen LogP contribution in [0.5, 0.6) is 5.75 Å². The molecule has 2 heterocycles. The van der Waals surface area contributed by atoms with Gasteiger partial charge in [0.1, 0.15) is 18.5 Å². The van der Waals surface area contributed by atoms with E-state index in [1.54, 1.807) is 23.7 Å². The zero-order chi connectivity index (χ0) is 18.9. The minimum atomic E-state index is -0.621. The van der Waals surface area contributed by atoms with Gasteiger partial charge in [0, 0.05) is 22.3 Å². The van der Waals surface area contributed by atoms with E-state index in [1.165, 1.54) is 4.70 Å². The van der Waals surface area contributed by atoms with Gasteiger partial charge in [-0.1, -0.05) is 18.2 Å². The molecule has 0 aliphatic rings. The summed E-state index contributed by atoms with van der Waals surface area (Å²) in [6, 6.07) is 13.9. The second kappa shape index (κ2) is 9.89. The summed E-state index contributed by atoms with van der Waals surface area (Å²) in [5.41, 5.74) is 0. The lowest BCUT2D eigenvalue weighted by Gasteiger charge is -2.13. The van der Waals surface area contributed by atoms with Gasteiger partial charge in [-0.3, -0.25) is 9.98 Å². The summed E-state index contributed by atoms with van der Waals surface area (Å²) in [6.45, 7) is 4.14. The molecule has 1 unspecified atom stereocenters. The van der Waals surface area contributed by atoms with E-state index < -0.39 is 6.10 Å². The molecule has 0 aliphatic heterocycles. The molecule has 3 aromatic rings. The SMILES string of the molecule is CCNC(=NCC(O)c1cc2ccccc2s1)NCCOc1cccnc1. The Hall–Kier alpha value is -2.64. The standard InChI is InChI=1S/C20H24N4O2S/c1-2-22-20(23-10-11-26-16-7-5-9-21-13-16)24-14-17(25)19-12-15-6-3-4-8-18(15)27-19/h3-9,12-13,17,25H,2,10-11,14H2,1H3,(H2,22,23,24). The predicted molar refractivity (Wildman–Crippen MR) is 110 cm³/mol. The maximum absolute atomic E-state index is 10.5. The molecular weight excluding hydrogens is 360 g/mol. The zero-order valence-electron chi connectivity index (χ0n) is 15.3. The molecule has 0 bridgehead atoms. The van der Waals surface area contributed by atoms with Crippen molar-refractivity contribution in [2.75, 3.05) is 26.2 Å². The molecule has 3 N–H and O–H groups in total. The largest absolute Gasteiger partial charge is 0.490 e. The van der Waals surface area contributed by atoms with Crippen LogP contribution in [0.25, 0.3) is 10.1 Å². The first-order valence-electron chi connectivity index (χ1n) is 8.98. The number of rotatable bonds is 8. The predicted octanol–water partition coefficient (Wildman–Crippen LogP) is 2.96. The molecule has 0 saturated heterocycles. The number of hydrogen-bond acceptors (Lipinski definition) is 5. The Morgan fingerprint density at radius 2 is 2.15 bits per heavy atom. The molecule has 3 rings (SSSR count). The quantitative estimate of drug-likeness (QED) is 0.316. The van der Waals surface area contributed by atoms with Crippen LogP contribution in [0.1, 0.15) is 17.9 Å². The number of aliphatic hydroxyl groups excluding tert-OH is 1. The van der Waals surface area contributed by atoms with E-state index in [0.717, 1.165) is 22.6 Å². The van der Waals surface area contributed by atoms with Crippen molar-refractivity contribution >= 4 is 27.4 Å². The van der Waals surface area contributed by atoms with Crippen LogP contribution in [-0.4, -0.2) is 42.3 Å². The topological polar surface area (TPSA) is 78.8 Å². The molecular formula is C20H24N4O2S. The van der Waals surface area contributed by atoms with Crippen molar-refractivity contribution < 1.29 is 9.84 Å². The molecule has 0 aliphatic carbocycles. The smallest absolute Gasteiger partial charge is 0.191 e. The first-order chi connectivity index (χ1) is 13.3. The number of aliphatic imine (C=N–C) groups is 1. The Morgan fingerprint density at radius 1 is 1.26 bits per heavy atom. The first-order valence-corrected chi connectivity index (χ1v) is 9.79. The lowest BCUT2D eigenvalue weighted by Crippen LogP contribution is -2.39. The maximum Gasteiger partial charge on any atom is 0.191 e. The third kappa shape index (κ3) is 5.67. The molecule has 0 spiro atoms. The van der Waals surface area contributed by atoms with Gasteiger partial charge in [0.2, 0.25) is 0 Å². The van der Waals surface area contributed by atoms with E-state index in [9.17, 15) is 5.11 Å². The summed E-state index contributed by atoms with van der Waals surface area (Å²) in [5, 5.41) is 18.0. The van der Waals surface area contributed by atoms with Crippen LogP contribution in [0.15, 0.2) is 59.9 Å². The molecule has 6 nitrogen and oxygen atoms in total. The number of fused-ring (bicyclic) bond motifs is 1. The Kier molecular flexibility index (Phi) is 7.01. The van der Waals surface area contributed by atoms with Crippen molar-refractivity contribution in [3.63, 3.8) is 0 Å². The number of thiophene rings is 1. The van der Waals surface area contributed by atoms with Gasteiger partial charge >= 0.3 is 0 Å². The van der Waals surface area contributed by atoms with E-state index in [0.29, 0.717) is 25.7 Å². The number of nitrogens with zero attached hydrogens (tertiary/aromatic N) is 2. The third-order valence-corrected chi connectivity index (χ3v) is 5.05. The highest BCUT2D eigenvalue weighted by atomic mass is 32.1. The van der Waals surface area contributed by atoms with Crippen molar-refractivity contribution in [3.8, 4) is 5.75 Å². The Balaban J connectivity index is 1.51. The van der Waals surface area contributed by atoms with Gasteiger partial charge in [0.25, 0.3) is 0 Å².